The Morgan fingerprint density at radius 1 is 0.889 bits per heavy atom. The lowest BCUT2D eigenvalue weighted by atomic mass is 9.90. The molecule has 18 heavy (non-hydrogen) atoms. The van der Waals surface area contributed by atoms with Crippen LogP contribution in [0, 0.1) is 18.3 Å². The minimum atomic E-state index is 0.246. The predicted molar refractivity (Wildman–Crippen MR) is 78.3 cm³/mol. The van der Waals surface area contributed by atoms with Crippen LogP contribution in [0.4, 0.5) is 0 Å². The standard InChI is InChI=1S/C17H19N/c1-12(2)17(18)16-11-7-6-10-15(16)14-9-5-4-8-13(14)3/h4-12,18H,1-3H3. The molecule has 0 amide bonds. The summed E-state index contributed by atoms with van der Waals surface area (Å²) in [6.07, 6.45) is 0. The Kier molecular flexibility index (Phi) is 3.61. The van der Waals surface area contributed by atoms with E-state index in [0.717, 1.165) is 11.1 Å². The van der Waals surface area contributed by atoms with Crippen LogP contribution in [0.3, 0.4) is 0 Å². The van der Waals surface area contributed by atoms with Gasteiger partial charge in [-0.25, -0.2) is 0 Å². The normalized spacial score (nSPS) is 10.7. The fourth-order valence-corrected chi connectivity index (χ4v) is 2.14. The van der Waals surface area contributed by atoms with E-state index >= 15 is 0 Å². The second-order valence-electron chi connectivity index (χ2n) is 4.93. The molecule has 0 radical (unpaired) electrons. The van der Waals surface area contributed by atoms with Crippen LogP contribution in [0.5, 0.6) is 0 Å². The first-order chi connectivity index (χ1) is 8.61. The summed E-state index contributed by atoms with van der Waals surface area (Å²) in [5.41, 5.74) is 5.38. The average molecular weight is 237 g/mol. The zero-order valence-electron chi connectivity index (χ0n) is 11.2. The Morgan fingerprint density at radius 2 is 1.44 bits per heavy atom. The summed E-state index contributed by atoms with van der Waals surface area (Å²) >= 11 is 0. The van der Waals surface area contributed by atoms with Gasteiger partial charge in [-0.2, -0.15) is 0 Å². The highest BCUT2D eigenvalue weighted by atomic mass is 14.4. The molecule has 0 aromatic heterocycles. The van der Waals surface area contributed by atoms with Crippen molar-refractivity contribution in [3.05, 3.63) is 59.7 Å². The van der Waals surface area contributed by atoms with Gasteiger partial charge in [0.15, 0.2) is 0 Å². The third-order valence-electron chi connectivity index (χ3n) is 3.23. The van der Waals surface area contributed by atoms with Crippen LogP contribution in [-0.2, 0) is 0 Å². The van der Waals surface area contributed by atoms with Gasteiger partial charge in [-0.05, 0) is 29.5 Å². The van der Waals surface area contributed by atoms with Crippen molar-refractivity contribution >= 4 is 5.71 Å². The maximum atomic E-state index is 8.25. The molecule has 0 atom stereocenters. The second kappa shape index (κ2) is 5.18. The number of aryl methyl sites for hydroxylation is 1. The third kappa shape index (κ3) is 2.35. The van der Waals surface area contributed by atoms with Crippen LogP contribution < -0.4 is 0 Å². The molecule has 0 heterocycles. The van der Waals surface area contributed by atoms with Crippen molar-refractivity contribution in [1.29, 1.82) is 5.41 Å². The molecular weight excluding hydrogens is 218 g/mol. The van der Waals surface area contributed by atoms with Crippen molar-refractivity contribution in [1.82, 2.24) is 0 Å². The minimum absolute atomic E-state index is 0.246. The summed E-state index contributed by atoms with van der Waals surface area (Å²) in [6.45, 7) is 6.25. The van der Waals surface area contributed by atoms with Crippen molar-refractivity contribution < 1.29 is 0 Å². The van der Waals surface area contributed by atoms with Gasteiger partial charge in [-0.15, -0.1) is 0 Å². The van der Waals surface area contributed by atoms with Gasteiger partial charge in [0.25, 0.3) is 0 Å². The van der Waals surface area contributed by atoms with E-state index in [9.17, 15) is 0 Å². The van der Waals surface area contributed by atoms with Gasteiger partial charge in [0.05, 0.1) is 0 Å². The van der Waals surface area contributed by atoms with Crippen LogP contribution in [0.2, 0.25) is 0 Å². The molecule has 92 valence electrons. The number of benzene rings is 2. The molecule has 1 heteroatoms. The summed E-state index contributed by atoms with van der Waals surface area (Å²) in [7, 11) is 0. The van der Waals surface area contributed by atoms with E-state index < -0.39 is 0 Å². The van der Waals surface area contributed by atoms with Crippen molar-refractivity contribution in [2.24, 2.45) is 5.92 Å². The molecule has 0 bridgehead atoms. The minimum Gasteiger partial charge on any atom is -0.304 e. The van der Waals surface area contributed by atoms with Gasteiger partial charge < -0.3 is 5.41 Å². The maximum absolute atomic E-state index is 8.25. The fourth-order valence-electron chi connectivity index (χ4n) is 2.14. The number of hydrogen-bond acceptors (Lipinski definition) is 1. The van der Waals surface area contributed by atoms with E-state index in [-0.39, 0.29) is 5.92 Å². The Labute approximate surface area is 109 Å². The highest BCUT2D eigenvalue weighted by Gasteiger charge is 2.12. The SMILES string of the molecule is Cc1ccccc1-c1ccccc1C(=N)C(C)C. The van der Waals surface area contributed by atoms with Crippen LogP contribution in [-0.4, -0.2) is 5.71 Å². The Balaban J connectivity index is 2.59. The fraction of sp³-hybridized carbons (Fsp3) is 0.235. The lowest BCUT2D eigenvalue weighted by Crippen LogP contribution is -2.09. The Morgan fingerprint density at radius 3 is 2.06 bits per heavy atom. The predicted octanol–water partition coefficient (Wildman–Crippen LogP) is 4.69. The van der Waals surface area contributed by atoms with Gasteiger partial charge in [0.2, 0.25) is 0 Å². The van der Waals surface area contributed by atoms with Crippen molar-refractivity contribution in [2.45, 2.75) is 20.8 Å². The summed E-state index contributed by atoms with van der Waals surface area (Å²) in [5.74, 6) is 0.246. The lowest BCUT2D eigenvalue weighted by Gasteiger charge is -2.14. The molecule has 0 unspecified atom stereocenters. The second-order valence-corrected chi connectivity index (χ2v) is 4.93. The molecule has 1 N–H and O–H groups in total. The molecule has 0 spiro atoms. The summed E-state index contributed by atoms with van der Waals surface area (Å²) < 4.78 is 0. The van der Waals surface area contributed by atoms with Crippen molar-refractivity contribution in [3.63, 3.8) is 0 Å². The van der Waals surface area contributed by atoms with E-state index in [2.05, 4.69) is 51.1 Å². The topological polar surface area (TPSA) is 23.9 Å². The van der Waals surface area contributed by atoms with Crippen LogP contribution in [0.15, 0.2) is 48.5 Å². The molecular formula is C17H19N. The highest BCUT2D eigenvalue weighted by molar-refractivity contribution is 6.05. The van der Waals surface area contributed by atoms with Crippen LogP contribution >= 0.6 is 0 Å². The molecule has 2 rings (SSSR count). The monoisotopic (exact) mass is 237 g/mol. The first kappa shape index (κ1) is 12.6. The van der Waals surface area contributed by atoms with E-state index in [1.807, 2.05) is 18.2 Å². The molecule has 1 nitrogen and oxygen atoms in total. The summed E-state index contributed by atoms with van der Waals surface area (Å²) in [5, 5.41) is 8.25. The molecule has 0 fully saturated rings. The van der Waals surface area contributed by atoms with Gasteiger partial charge in [-0.3, -0.25) is 0 Å². The first-order valence-corrected chi connectivity index (χ1v) is 6.35. The van der Waals surface area contributed by atoms with Crippen molar-refractivity contribution in [3.8, 4) is 11.1 Å². The average Bonchev–Trinajstić information content (AvgIpc) is 2.38. The summed E-state index contributed by atoms with van der Waals surface area (Å²) in [4.78, 5) is 0. The van der Waals surface area contributed by atoms with Gasteiger partial charge in [0, 0.05) is 11.3 Å². The highest BCUT2D eigenvalue weighted by Crippen LogP contribution is 2.28. The third-order valence-corrected chi connectivity index (χ3v) is 3.23. The molecule has 2 aromatic rings. The largest absolute Gasteiger partial charge is 0.304 e. The van der Waals surface area contributed by atoms with Crippen molar-refractivity contribution in [2.75, 3.05) is 0 Å². The van der Waals surface area contributed by atoms with E-state index in [1.54, 1.807) is 0 Å². The van der Waals surface area contributed by atoms with Gasteiger partial charge in [0.1, 0.15) is 0 Å². The Bertz CT molecular complexity index is 567. The van der Waals surface area contributed by atoms with E-state index in [4.69, 9.17) is 5.41 Å². The number of rotatable bonds is 3. The van der Waals surface area contributed by atoms with Gasteiger partial charge >= 0.3 is 0 Å². The van der Waals surface area contributed by atoms with E-state index in [0.29, 0.717) is 5.71 Å². The smallest absolute Gasteiger partial charge is 0.0417 e. The maximum Gasteiger partial charge on any atom is 0.0417 e. The molecule has 0 saturated carbocycles. The van der Waals surface area contributed by atoms with Gasteiger partial charge in [-0.1, -0.05) is 62.4 Å². The molecule has 0 aliphatic heterocycles. The molecule has 0 aliphatic carbocycles. The zero-order chi connectivity index (χ0) is 13.1. The first-order valence-electron chi connectivity index (χ1n) is 6.35. The molecule has 0 saturated heterocycles. The zero-order valence-corrected chi connectivity index (χ0v) is 11.2. The van der Waals surface area contributed by atoms with Crippen LogP contribution in [0.25, 0.3) is 11.1 Å². The molecule has 0 aliphatic rings. The summed E-state index contributed by atoms with van der Waals surface area (Å²) in [6, 6.07) is 16.5. The Hall–Kier alpha value is -1.89. The number of nitrogens with one attached hydrogen (secondary N) is 1. The lowest BCUT2D eigenvalue weighted by molar-refractivity contribution is 0.878. The quantitative estimate of drug-likeness (QED) is 0.749. The van der Waals surface area contributed by atoms with Crippen LogP contribution in [0.1, 0.15) is 25.0 Å². The number of hydrogen-bond donors (Lipinski definition) is 1. The molecule has 2 aromatic carbocycles. The van der Waals surface area contributed by atoms with E-state index in [1.165, 1.54) is 11.1 Å².